The summed E-state index contributed by atoms with van der Waals surface area (Å²) in [4.78, 5) is 37.7. The number of likely N-dealkylation sites (N-methyl/N-ethyl adjacent to an activating group) is 2. The van der Waals surface area contributed by atoms with E-state index in [9.17, 15) is 14.4 Å². The number of urea groups is 1. The monoisotopic (exact) mass is 259 g/mol. The third-order valence-electron chi connectivity index (χ3n) is 2.41. The third-order valence-corrected chi connectivity index (χ3v) is 2.41. The number of amides is 3. The number of hydrogen-bond donors (Lipinski definition) is 1. The molecule has 7 nitrogen and oxygen atoms in total. The van der Waals surface area contributed by atoms with Crippen LogP contribution in [0.5, 0.6) is 0 Å². The molecular weight excluding hydrogens is 238 g/mol. The summed E-state index contributed by atoms with van der Waals surface area (Å²) >= 11 is 0. The van der Waals surface area contributed by atoms with Gasteiger partial charge in [0.05, 0.1) is 0 Å². The largest absolute Gasteiger partial charge is 0.481 e. The number of carboxylic acids is 1. The molecule has 3 amide bonds. The Hall–Kier alpha value is -1.79. The first-order chi connectivity index (χ1) is 8.25. The quantitative estimate of drug-likeness (QED) is 0.723. The van der Waals surface area contributed by atoms with Gasteiger partial charge in [0.15, 0.2) is 0 Å². The minimum Gasteiger partial charge on any atom is -0.481 e. The Morgan fingerprint density at radius 2 is 1.56 bits per heavy atom. The lowest BCUT2D eigenvalue weighted by atomic mass is 10.3. The molecule has 0 fully saturated rings. The molecule has 0 aliphatic rings. The second-order valence-corrected chi connectivity index (χ2v) is 4.35. The Bertz CT molecular complexity index is 317. The van der Waals surface area contributed by atoms with E-state index in [2.05, 4.69) is 0 Å². The Morgan fingerprint density at radius 1 is 1.00 bits per heavy atom. The molecular formula is C11H21N3O4. The summed E-state index contributed by atoms with van der Waals surface area (Å²) in [5.74, 6) is -1.04. The topological polar surface area (TPSA) is 81.2 Å². The van der Waals surface area contributed by atoms with Crippen LogP contribution in [0, 0.1) is 0 Å². The lowest BCUT2D eigenvalue weighted by Crippen LogP contribution is -2.44. The zero-order valence-electron chi connectivity index (χ0n) is 11.3. The van der Waals surface area contributed by atoms with E-state index in [4.69, 9.17) is 5.11 Å². The van der Waals surface area contributed by atoms with Crippen LogP contribution in [0.2, 0.25) is 0 Å². The van der Waals surface area contributed by atoms with Gasteiger partial charge in [-0.05, 0) is 6.42 Å². The minimum absolute atomic E-state index is 0.00903. The smallest absolute Gasteiger partial charge is 0.319 e. The highest BCUT2D eigenvalue weighted by Crippen LogP contribution is 1.98. The summed E-state index contributed by atoms with van der Waals surface area (Å²) in [5.41, 5.74) is 0. The summed E-state index contributed by atoms with van der Waals surface area (Å²) in [7, 11) is 6.37. The Labute approximate surface area is 107 Å². The molecule has 0 rings (SSSR count). The van der Waals surface area contributed by atoms with Crippen LogP contribution in [0.4, 0.5) is 4.79 Å². The number of carboxylic acid groups (broad SMARTS) is 1. The molecule has 0 aliphatic heterocycles. The van der Waals surface area contributed by atoms with Gasteiger partial charge in [-0.1, -0.05) is 0 Å². The maximum atomic E-state index is 11.8. The van der Waals surface area contributed by atoms with Crippen molar-refractivity contribution in [1.82, 2.24) is 14.7 Å². The number of nitrogens with zero attached hydrogens (tertiary/aromatic N) is 3. The van der Waals surface area contributed by atoms with Crippen LogP contribution in [0.25, 0.3) is 0 Å². The highest BCUT2D eigenvalue weighted by atomic mass is 16.4. The number of aliphatic carboxylic acids is 1. The first-order valence-corrected chi connectivity index (χ1v) is 5.64. The van der Waals surface area contributed by atoms with Crippen molar-refractivity contribution in [1.29, 1.82) is 0 Å². The average molecular weight is 259 g/mol. The molecule has 0 spiro atoms. The van der Waals surface area contributed by atoms with E-state index in [1.165, 1.54) is 21.7 Å². The third kappa shape index (κ3) is 6.07. The van der Waals surface area contributed by atoms with E-state index in [0.717, 1.165) is 0 Å². The van der Waals surface area contributed by atoms with Crippen molar-refractivity contribution in [3.8, 4) is 0 Å². The normalized spacial score (nSPS) is 9.78. The Kier molecular flexibility index (Phi) is 6.77. The van der Waals surface area contributed by atoms with Crippen molar-refractivity contribution in [2.45, 2.75) is 12.8 Å². The molecule has 0 bridgehead atoms. The zero-order valence-corrected chi connectivity index (χ0v) is 11.3. The van der Waals surface area contributed by atoms with Crippen LogP contribution in [-0.4, -0.2) is 79.0 Å². The standard InChI is InChI=1S/C11H21N3O4/c1-12(2)9(15)8-14(4)11(18)13(3)7-5-6-10(16)17/h5-8H2,1-4H3,(H,16,17). The molecule has 0 atom stereocenters. The van der Waals surface area contributed by atoms with Crippen molar-refractivity contribution in [2.75, 3.05) is 41.3 Å². The highest BCUT2D eigenvalue weighted by molar-refractivity contribution is 5.83. The summed E-state index contributed by atoms with van der Waals surface area (Å²) in [6.07, 6.45) is 0.422. The van der Waals surface area contributed by atoms with Crippen LogP contribution in [0.3, 0.4) is 0 Å². The predicted octanol–water partition coefficient (Wildman–Crippen LogP) is -0.0770. The van der Waals surface area contributed by atoms with Crippen LogP contribution < -0.4 is 0 Å². The van der Waals surface area contributed by atoms with Gasteiger partial charge in [0, 0.05) is 41.2 Å². The molecule has 0 aromatic rings. The summed E-state index contributed by atoms with van der Waals surface area (Å²) in [6, 6.07) is -0.296. The fourth-order valence-electron chi connectivity index (χ4n) is 1.27. The fourth-order valence-corrected chi connectivity index (χ4v) is 1.27. The molecule has 0 heterocycles. The molecule has 0 unspecified atom stereocenters. The van der Waals surface area contributed by atoms with E-state index < -0.39 is 5.97 Å². The van der Waals surface area contributed by atoms with Crippen molar-refractivity contribution < 1.29 is 19.5 Å². The second-order valence-electron chi connectivity index (χ2n) is 4.35. The van der Waals surface area contributed by atoms with Crippen molar-refractivity contribution in [2.24, 2.45) is 0 Å². The average Bonchev–Trinajstić information content (AvgIpc) is 2.26. The molecule has 18 heavy (non-hydrogen) atoms. The lowest BCUT2D eigenvalue weighted by molar-refractivity contribution is -0.137. The van der Waals surface area contributed by atoms with Gasteiger partial charge < -0.3 is 19.8 Å². The van der Waals surface area contributed by atoms with Gasteiger partial charge in [-0.15, -0.1) is 0 Å². The molecule has 0 saturated carbocycles. The van der Waals surface area contributed by atoms with Gasteiger partial charge >= 0.3 is 12.0 Å². The van der Waals surface area contributed by atoms with E-state index in [1.807, 2.05) is 0 Å². The van der Waals surface area contributed by atoms with E-state index in [-0.39, 0.29) is 24.9 Å². The first-order valence-electron chi connectivity index (χ1n) is 5.64. The van der Waals surface area contributed by atoms with E-state index >= 15 is 0 Å². The summed E-state index contributed by atoms with van der Waals surface area (Å²) in [5, 5.41) is 8.49. The van der Waals surface area contributed by atoms with Crippen LogP contribution in [0.1, 0.15) is 12.8 Å². The van der Waals surface area contributed by atoms with Crippen molar-refractivity contribution in [3.63, 3.8) is 0 Å². The SMILES string of the molecule is CN(C)C(=O)CN(C)C(=O)N(C)CCCC(=O)O. The second kappa shape index (κ2) is 7.52. The van der Waals surface area contributed by atoms with Gasteiger partial charge in [0.25, 0.3) is 0 Å². The maximum absolute atomic E-state index is 11.8. The molecule has 104 valence electrons. The number of carbonyl (C=O) groups excluding carboxylic acids is 2. The van der Waals surface area contributed by atoms with Gasteiger partial charge in [0.1, 0.15) is 6.54 Å². The van der Waals surface area contributed by atoms with Gasteiger partial charge in [0.2, 0.25) is 5.91 Å². The summed E-state index contributed by atoms with van der Waals surface area (Å²) < 4.78 is 0. The van der Waals surface area contributed by atoms with E-state index in [1.54, 1.807) is 21.1 Å². The van der Waals surface area contributed by atoms with Crippen LogP contribution >= 0.6 is 0 Å². The van der Waals surface area contributed by atoms with Crippen LogP contribution in [0.15, 0.2) is 0 Å². The van der Waals surface area contributed by atoms with Crippen LogP contribution in [-0.2, 0) is 9.59 Å². The van der Waals surface area contributed by atoms with Crippen molar-refractivity contribution >= 4 is 17.9 Å². The summed E-state index contributed by atoms with van der Waals surface area (Å²) in [6.45, 7) is 0.362. The maximum Gasteiger partial charge on any atom is 0.319 e. The molecule has 0 aromatic heterocycles. The predicted molar refractivity (Wildman–Crippen MR) is 66.2 cm³/mol. The van der Waals surface area contributed by atoms with Gasteiger partial charge in [-0.25, -0.2) is 4.79 Å². The van der Waals surface area contributed by atoms with Gasteiger partial charge in [-0.3, -0.25) is 9.59 Å². The number of rotatable bonds is 6. The Morgan fingerprint density at radius 3 is 2.00 bits per heavy atom. The molecule has 1 N–H and O–H groups in total. The first kappa shape index (κ1) is 16.2. The van der Waals surface area contributed by atoms with E-state index in [0.29, 0.717) is 13.0 Å². The number of carbonyl (C=O) groups is 3. The Balaban J connectivity index is 4.12. The minimum atomic E-state index is -0.882. The molecule has 0 saturated heterocycles. The van der Waals surface area contributed by atoms with Crippen molar-refractivity contribution in [3.05, 3.63) is 0 Å². The zero-order chi connectivity index (χ0) is 14.3. The molecule has 7 heteroatoms. The number of hydrogen-bond acceptors (Lipinski definition) is 3. The highest BCUT2D eigenvalue weighted by Gasteiger charge is 2.17. The molecule has 0 aliphatic carbocycles. The van der Waals surface area contributed by atoms with Gasteiger partial charge in [-0.2, -0.15) is 0 Å². The lowest BCUT2D eigenvalue weighted by Gasteiger charge is -2.25. The fraction of sp³-hybridized carbons (Fsp3) is 0.727. The molecule has 0 aromatic carbocycles. The molecule has 0 radical (unpaired) electrons.